The molecule has 3 unspecified atom stereocenters. The molecule has 2 rings (SSSR count). The molecule has 3 atom stereocenters. The molecule has 0 aromatic carbocycles. The van der Waals surface area contributed by atoms with Crippen LogP contribution in [0.2, 0.25) is 0 Å². The van der Waals surface area contributed by atoms with Gasteiger partial charge >= 0.3 is 23.9 Å². The van der Waals surface area contributed by atoms with Crippen LogP contribution in [0.15, 0.2) is 0 Å². The monoisotopic (exact) mass is 254 g/mol. The van der Waals surface area contributed by atoms with E-state index in [9.17, 15) is 19.2 Å². The Morgan fingerprint density at radius 1 is 1.17 bits per heavy atom. The molecule has 6 nitrogen and oxygen atoms in total. The summed E-state index contributed by atoms with van der Waals surface area (Å²) < 4.78 is 9.12. The standard InChI is InChI=1S/C12H14O6/c1-6(13)17-10(14)7-3-2-4-8-9(5-7)12(16)18-11(8)15/h7-9H,2-5H2,1H3. The molecule has 18 heavy (non-hydrogen) atoms. The molecule has 0 aromatic heterocycles. The number of rotatable bonds is 1. The minimum absolute atomic E-state index is 0.224. The zero-order chi connectivity index (χ0) is 13.3. The van der Waals surface area contributed by atoms with E-state index in [1.165, 1.54) is 0 Å². The highest BCUT2D eigenvalue weighted by Gasteiger charge is 2.47. The number of esters is 4. The Bertz CT molecular complexity index is 413. The Morgan fingerprint density at radius 3 is 2.50 bits per heavy atom. The third kappa shape index (κ3) is 2.42. The summed E-state index contributed by atoms with van der Waals surface area (Å²) in [6, 6.07) is 0. The lowest BCUT2D eigenvalue weighted by Gasteiger charge is -2.14. The molecule has 0 amide bonds. The second-order valence-corrected chi connectivity index (χ2v) is 4.73. The van der Waals surface area contributed by atoms with Crippen molar-refractivity contribution in [3.05, 3.63) is 0 Å². The first-order chi connectivity index (χ1) is 8.49. The van der Waals surface area contributed by atoms with E-state index in [0.717, 1.165) is 6.92 Å². The Hall–Kier alpha value is -1.72. The van der Waals surface area contributed by atoms with Crippen LogP contribution in [0.5, 0.6) is 0 Å². The second kappa shape index (κ2) is 4.88. The molecule has 1 aliphatic heterocycles. The van der Waals surface area contributed by atoms with Crippen LogP contribution in [0.3, 0.4) is 0 Å². The fraction of sp³-hybridized carbons (Fsp3) is 0.667. The topological polar surface area (TPSA) is 86.7 Å². The molecule has 98 valence electrons. The van der Waals surface area contributed by atoms with Gasteiger partial charge in [0.2, 0.25) is 0 Å². The maximum atomic E-state index is 11.7. The predicted octanol–water partition coefficient (Wildman–Crippen LogP) is 0.582. The van der Waals surface area contributed by atoms with Crippen molar-refractivity contribution >= 4 is 23.9 Å². The van der Waals surface area contributed by atoms with Gasteiger partial charge in [-0.2, -0.15) is 0 Å². The number of carbonyl (C=O) groups is 4. The predicted molar refractivity (Wildman–Crippen MR) is 56.8 cm³/mol. The van der Waals surface area contributed by atoms with Gasteiger partial charge < -0.3 is 9.47 Å². The number of cyclic esters (lactones) is 2. The van der Waals surface area contributed by atoms with E-state index in [1.54, 1.807) is 0 Å². The van der Waals surface area contributed by atoms with E-state index in [4.69, 9.17) is 0 Å². The Kier molecular flexibility index (Phi) is 3.45. The number of hydrogen-bond donors (Lipinski definition) is 0. The van der Waals surface area contributed by atoms with E-state index in [0.29, 0.717) is 19.3 Å². The zero-order valence-electron chi connectivity index (χ0n) is 10.0. The van der Waals surface area contributed by atoms with Crippen molar-refractivity contribution in [2.75, 3.05) is 0 Å². The molecule has 0 radical (unpaired) electrons. The molecule has 1 aliphatic carbocycles. The summed E-state index contributed by atoms with van der Waals surface area (Å²) in [5, 5.41) is 0. The molecule has 2 aliphatic rings. The number of fused-ring (bicyclic) bond motifs is 1. The molecule has 6 heteroatoms. The normalized spacial score (nSPS) is 31.3. The van der Waals surface area contributed by atoms with Crippen molar-refractivity contribution < 1.29 is 28.7 Å². The second-order valence-electron chi connectivity index (χ2n) is 4.73. The quantitative estimate of drug-likeness (QED) is 0.502. The van der Waals surface area contributed by atoms with Gasteiger partial charge in [-0.3, -0.25) is 19.2 Å². The lowest BCUT2D eigenvalue weighted by Crippen LogP contribution is -2.24. The van der Waals surface area contributed by atoms with Gasteiger partial charge in [0.1, 0.15) is 0 Å². The fourth-order valence-electron chi connectivity index (χ4n) is 2.61. The lowest BCUT2D eigenvalue weighted by atomic mass is 9.88. The average Bonchev–Trinajstić information content (AvgIpc) is 2.50. The maximum absolute atomic E-state index is 11.7. The van der Waals surface area contributed by atoms with Crippen molar-refractivity contribution in [3.8, 4) is 0 Å². The van der Waals surface area contributed by atoms with E-state index < -0.39 is 41.6 Å². The highest BCUT2D eigenvalue weighted by molar-refractivity contribution is 5.97. The molecule has 0 aromatic rings. The lowest BCUT2D eigenvalue weighted by molar-refractivity contribution is -0.161. The SMILES string of the molecule is CC(=O)OC(=O)C1CCCC2C(=O)OC(=O)C2C1. The van der Waals surface area contributed by atoms with E-state index >= 15 is 0 Å². The number of hydrogen-bond acceptors (Lipinski definition) is 6. The molecule has 1 saturated carbocycles. The van der Waals surface area contributed by atoms with Gasteiger partial charge in [0, 0.05) is 6.92 Å². The summed E-state index contributed by atoms with van der Waals surface area (Å²) in [5.74, 6) is -3.85. The first kappa shape index (κ1) is 12.7. The third-order valence-electron chi connectivity index (χ3n) is 3.48. The van der Waals surface area contributed by atoms with Crippen molar-refractivity contribution in [1.82, 2.24) is 0 Å². The fourth-order valence-corrected chi connectivity index (χ4v) is 2.61. The van der Waals surface area contributed by atoms with Crippen LogP contribution >= 0.6 is 0 Å². The van der Waals surface area contributed by atoms with E-state index in [-0.39, 0.29) is 6.42 Å². The summed E-state index contributed by atoms with van der Waals surface area (Å²) in [7, 11) is 0. The van der Waals surface area contributed by atoms with Crippen LogP contribution in [0.4, 0.5) is 0 Å². The van der Waals surface area contributed by atoms with Crippen molar-refractivity contribution in [2.45, 2.75) is 32.6 Å². The maximum Gasteiger partial charge on any atom is 0.317 e. The zero-order valence-corrected chi connectivity index (χ0v) is 10.0. The number of carbonyl (C=O) groups excluding carboxylic acids is 4. The minimum atomic E-state index is -0.661. The van der Waals surface area contributed by atoms with Gasteiger partial charge in [-0.05, 0) is 19.3 Å². The van der Waals surface area contributed by atoms with Crippen LogP contribution in [-0.4, -0.2) is 23.9 Å². The van der Waals surface area contributed by atoms with Crippen LogP contribution in [-0.2, 0) is 28.7 Å². The Balaban J connectivity index is 2.08. The summed E-state index contributed by atoms with van der Waals surface area (Å²) in [6.45, 7) is 1.16. The Morgan fingerprint density at radius 2 is 1.83 bits per heavy atom. The molecule has 1 heterocycles. The first-order valence-electron chi connectivity index (χ1n) is 5.97. The Labute approximate surface area is 104 Å². The van der Waals surface area contributed by atoms with E-state index in [2.05, 4.69) is 9.47 Å². The highest BCUT2D eigenvalue weighted by atomic mass is 16.6. The van der Waals surface area contributed by atoms with Crippen LogP contribution in [0, 0.1) is 17.8 Å². The first-order valence-corrected chi connectivity index (χ1v) is 5.97. The molecule has 2 fully saturated rings. The van der Waals surface area contributed by atoms with Crippen molar-refractivity contribution in [2.24, 2.45) is 17.8 Å². The van der Waals surface area contributed by atoms with Crippen molar-refractivity contribution in [1.29, 1.82) is 0 Å². The van der Waals surface area contributed by atoms with Gasteiger partial charge in [0.25, 0.3) is 0 Å². The highest BCUT2D eigenvalue weighted by Crippen LogP contribution is 2.38. The molecule has 1 saturated heterocycles. The average molecular weight is 254 g/mol. The van der Waals surface area contributed by atoms with Gasteiger partial charge in [-0.1, -0.05) is 6.42 Å². The molecule has 0 N–H and O–H groups in total. The summed E-state index contributed by atoms with van der Waals surface area (Å²) in [5.41, 5.74) is 0. The van der Waals surface area contributed by atoms with Gasteiger partial charge in [0.05, 0.1) is 17.8 Å². The molecular weight excluding hydrogens is 240 g/mol. The van der Waals surface area contributed by atoms with Crippen LogP contribution in [0.25, 0.3) is 0 Å². The summed E-state index contributed by atoms with van der Waals surface area (Å²) in [6.07, 6.45) is 1.93. The largest absolute Gasteiger partial charge is 0.393 e. The van der Waals surface area contributed by atoms with Crippen molar-refractivity contribution in [3.63, 3.8) is 0 Å². The van der Waals surface area contributed by atoms with Crippen LogP contribution < -0.4 is 0 Å². The van der Waals surface area contributed by atoms with Gasteiger partial charge in [-0.25, -0.2) is 0 Å². The van der Waals surface area contributed by atoms with Gasteiger partial charge in [0.15, 0.2) is 0 Å². The molecule has 0 spiro atoms. The molecular formula is C12H14O6. The molecule has 0 bridgehead atoms. The summed E-state index contributed by atoms with van der Waals surface area (Å²) in [4.78, 5) is 45.3. The smallest absolute Gasteiger partial charge is 0.317 e. The summed E-state index contributed by atoms with van der Waals surface area (Å²) >= 11 is 0. The van der Waals surface area contributed by atoms with Gasteiger partial charge in [-0.15, -0.1) is 0 Å². The number of ether oxygens (including phenoxy) is 2. The minimum Gasteiger partial charge on any atom is -0.393 e. The van der Waals surface area contributed by atoms with Crippen LogP contribution in [0.1, 0.15) is 32.6 Å². The van der Waals surface area contributed by atoms with E-state index in [1.807, 2.05) is 0 Å². The third-order valence-corrected chi connectivity index (χ3v) is 3.48.